The molecule has 0 unspecified atom stereocenters. The van der Waals surface area contributed by atoms with Gasteiger partial charge in [-0.15, -0.1) is 0 Å². The first-order valence-electron chi connectivity index (χ1n) is 9.51. The minimum atomic E-state index is -4.13. The van der Waals surface area contributed by atoms with Crippen molar-refractivity contribution < 1.29 is 18.3 Å². The Labute approximate surface area is 183 Å². The van der Waals surface area contributed by atoms with Crippen molar-refractivity contribution in [1.82, 2.24) is 0 Å². The van der Waals surface area contributed by atoms with E-state index >= 15 is 0 Å². The lowest BCUT2D eigenvalue weighted by Crippen LogP contribution is -2.29. The summed E-state index contributed by atoms with van der Waals surface area (Å²) in [6.07, 6.45) is 1.66. The Morgan fingerprint density at radius 2 is 1.59 bits per heavy atom. The van der Waals surface area contributed by atoms with Crippen molar-refractivity contribution in [2.24, 2.45) is 0 Å². The Balaban J connectivity index is 1.98. The lowest BCUT2D eigenvalue weighted by atomic mass is 10.0. The highest BCUT2D eigenvalue weighted by molar-refractivity contribution is 7.92. The normalized spacial score (nSPS) is 14.4. The van der Waals surface area contributed by atoms with Crippen molar-refractivity contribution in [3.63, 3.8) is 0 Å². The Morgan fingerprint density at radius 3 is 2.19 bits per heavy atom. The average Bonchev–Trinajstić information content (AvgIpc) is 3.13. The molecular formula is C22H17N3O6S. The predicted molar refractivity (Wildman–Crippen MR) is 120 cm³/mol. The maximum atomic E-state index is 13.4. The molecule has 0 N–H and O–H groups in total. The second kappa shape index (κ2) is 7.89. The molecule has 0 amide bonds. The number of hydrogen-bond acceptors (Lipinski definition) is 6. The molecule has 0 saturated heterocycles. The second-order valence-electron chi connectivity index (χ2n) is 7.28. The summed E-state index contributed by atoms with van der Waals surface area (Å²) >= 11 is 0. The summed E-state index contributed by atoms with van der Waals surface area (Å²) < 4.78 is 27.8. The van der Waals surface area contributed by atoms with Crippen molar-refractivity contribution in [2.45, 2.75) is 11.8 Å². The van der Waals surface area contributed by atoms with Gasteiger partial charge in [0.25, 0.3) is 21.4 Å². The zero-order chi connectivity index (χ0) is 23.0. The van der Waals surface area contributed by atoms with Crippen molar-refractivity contribution in [3.05, 3.63) is 104 Å². The van der Waals surface area contributed by atoms with Gasteiger partial charge in [0.1, 0.15) is 0 Å². The predicted octanol–water partition coefficient (Wildman–Crippen LogP) is 4.56. The second-order valence-corrected chi connectivity index (χ2v) is 9.14. The third-order valence-electron chi connectivity index (χ3n) is 5.14. The molecule has 0 bridgehead atoms. The number of nitro benzene ring substituents is 2. The zero-order valence-electron chi connectivity index (χ0n) is 16.8. The van der Waals surface area contributed by atoms with Crippen LogP contribution in [-0.2, 0) is 10.0 Å². The maximum absolute atomic E-state index is 13.4. The Kier molecular flexibility index (Phi) is 5.23. The first-order valence-corrected chi connectivity index (χ1v) is 10.9. The van der Waals surface area contributed by atoms with Crippen LogP contribution in [0.1, 0.15) is 16.7 Å². The zero-order valence-corrected chi connectivity index (χ0v) is 17.7. The fourth-order valence-electron chi connectivity index (χ4n) is 3.61. The van der Waals surface area contributed by atoms with E-state index in [0.717, 1.165) is 27.6 Å². The number of hydrogen-bond donors (Lipinski definition) is 0. The molecule has 0 fully saturated rings. The van der Waals surface area contributed by atoms with Crippen molar-refractivity contribution in [2.75, 3.05) is 10.8 Å². The number of fused-ring (bicyclic) bond motifs is 1. The molecule has 4 rings (SSSR count). The highest BCUT2D eigenvalue weighted by Gasteiger charge is 2.40. The fourth-order valence-corrected chi connectivity index (χ4v) is 5.06. The molecule has 162 valence electrons. The fraction of sp³-hybridized carbons (Fsp3) is 0.0909. The van der Waals surface area contributed by atoms with Crippen LogP contribution < -0.4 is 4.31 Å². The van der Waals surface area contributed by atoms with Crippen LogP contribution in [-0.4, -0.2) is 24.8 Å². The molecule has 0 saturated carbocycles. The van der Waals surface area contributed by atoms with E-state index in [4.69, 9.17) is 0 Å². The van der Waals surface area contributed by atoms with Gasteiger partial charge in [0, 0.05) is 6.07 Å². The number of anilines is 1. The van der Waals surface area contributed by atoms with Crippen LogP contribution in [0, 0.1) is 27.2 Å². The van der Waals surface area contributed by atoms with E-state index in [9.17, 15) is 28.6 Å². The molecular weight excluding hydrogens is 434 g/mol. The topological polar surface area (TPSA) is 124 Å². The van der Waals surface area contributed by atoms with Gasteiger partial charge in [0.05, 0.1) is 38.6 Å². The summed E-state index contributed by atoms with van der Waals surface area (Å²) in [5.74, 6) is 0. The smallest absolute Gasteiger partial charge is 0.261 e. The molecule has 32 heavy (non-hydrogen) atoms. The average molecular weight is 451 g/mol. The molecule has 3 aromatic carbocycles. The van der Waals surface area contributed by atoms with Crippen molar-refractivity contribution >= 4 is 38.7 Å². The van der Waals surface area contributed by atoms with Crippen LogP contribution in [0.25, 0.3) is 11.6 Å². The summed E-state index contributed by atoms with van der Waals surface area (Å²) in [6, 6.07) is 17.0. The van der Waals surface area contributed by atoms with Gasteiger partial charge >= 0.3 is 0 Å². The summed E-state index contributed by atoms with van der Waals surface area (Å²) in [5, 5.41) is 23.2. The monoisotopic (exact) mass is 451 g/mol. The first-order chi connectivity index (χ1) is 15.2. The van der Waals surface area contributed by atoms with Crippen LogP contribution >= 0.6 is 0 Å². The Morgan fingerprint density at radius 1 is 0.938 bits per heavy atom. The van der Waals surface area contributed by atoms with E-state index in [1.54, 1.807) is 42.5 Å². The minimum Gasteiger partial charge on any atom is -0.261 e. The number of aryl methyl sites for hydroxylation is 1. The van der Waals surface area contributed by atoms with Crippen molar-refractivity contribution in [3.8, 4) is 0 Å². The molecule has 1 heterocycles. The van der Waals surface area contributed by atoms with Gasteiger partial charge in [-0.2, -0.15) is 0 Å². The van der Waals surface area contributed by atoms with Crippen LogP contribution in [0.4, 0.5) is 17.1 Å². The molecule has 3 aromatic rings. The number of benzene rings is 3. The molecule has 0 atom stereocenters. The highest BCUT2D eigenvalue weighted by atomic mass is 32.2. The number of non-ortho nitro benzene ring substituents is 1. The molecule has 0 radical (unpaired) electrons. The van der Waals surface area contributed by atoms with Crippen molar-refractivity contribution in [1.29, 1.82) is 0 Å². The van der Waals surface area contributed by atoms with E-state index in [2.05, 4.69) is 0 Å². The van der Waals surface area contributed by atoms with E-state index in [1.807, 2.05) is 13.0 Å². The van der Waals surface area contributed by atoms with E-state index < -0.39 is 31.2 Å². The van der Waals surface area contributed by atoms with Gasteiger partial charge in [0.15, 0.2) is 0 Å². The third kappa shape index (κ3) is 3.71. The van der Waals surface area contributed by atoms with Crippen LogP contribution in [0.2, 0.25) is 0 Å². The quantitative estimate of drug-likeness (QED) is 0.414. The molecule has 9 nitrogen and oxygen atoms in total. The first kappa shape index (κ1) is 21.2. The van der Waals surface area contributed by atoms with Gasteiger partial charge in [-0.3, -0.25) is 24.5 Å². The van der Waals surface area contributed by atoms with E-state index in [-0.39, 0.29) is 22.7 Å². The van der Waals surface area contributed by atoms with E-state index in [1.165, 1.54) is 12.1 Å². The standard InChI is InChI=1S/C22H17N3O6S/c1-15-7-9-19(10-8-15)32(30,31)23-14-17(11-16-5-3-2-4-6-16)22-20(23)12-18(24(26)27)13-21(22)25(28)29/h2-13H,14H2,1H3/b17-11+. The molecule has 0 spiro atoms. The molecule has 10 heteroatoms. The lowest BCUT2D eigenvalue weighted by molar-refractivity contribution is -0.394. The third-order valence-corrected chi connectivity index (χ3v) is 6.92. The molecule has 1 aliphatic heterocycles. The highest BCUT2D eigenvalue weighted by Crippen LogP contribution is 2.46. The summed E-state index contributed by atoms with van der Waals surface area (Å²) in [4.78, 5) is 21.7. The SMILES string of the molecule is Cc1ccc(S(=O)(=O)N2C/C(=C\c3ccccc3)c3c2cc([N+](=O)[O-])cc3[N+](=O)[O-])cc1. The largest absolute Gasteiger partial charge is 0.285 e. The van der Waals surface area contributed by atoms with Gasteiger partial charge < -0.3 is 0 Å². The summed E-state index contributed by atoms with van der Waals surface area (Å²) in [6.45, 7) is 1.62. The molecule has 0 aromatic heterocycles. The van der Waals surface area contributed by atoms with E-state index in [0.29, 0.717) is 5.57 Å². The maximum Gasteiger partial charge on any atom is 0.285 e. The number of nitrogens with zero attached hydrogens (tertiary/aromatic N) is 3. The molecule has 1 aliphatic rings. The number of nitro groups is 2. The minimum absolute atomic E-state index is 0.0100. The van der Waals surface area contributed by atoms with Crippen LogP contribution in [0.5, 0.6) is 0 Å². The Hall–Kier alpha value is -4.05. The number of rotatable bonds is 5. The van der Waals surface area contributed by atoms with Crippen LogP contribution in [0.15, 0.2) is 71.6 Å². The summed E-state index contributed by atoms with van der Waals surface area (Å²) in [5.41, 5.74) is 0.855. The number of sulfonamides is 1. The van der Waals surface area contributed by atoms with Crippen LogP contribution in [0.3, 0.4) is 0 Å². The molecule has 0 aliphatic carbocycles. The summed E-state index contributed by atoms with van der Waals surface area (Å²) in [7, 11) is -4.13. The van der Waals surface area contributed by atoms with Gasteiger partial charge in [-0.1, -0.05) is 48.0 Å². The Bertz CT molecular complexity index is 1370. The van der Waals surface area contributed by atoms with Gasteiger partial charge in [-0.05, 0) is 36.3 Å². The van der Waals surface area contributed by atoms with Gasteiger partial charge in [-0.25, -0.2) is 8.42 Å². The van der Waals surface area contributed by atoms with Gasteiger partial charge in [0.2, 0.25) is 0 Å². The lowest BCUT2D eigenvalue weighted by Gasteiger charge is -2.19.